The van der Waals surface area contributed by atoms with E-state index < -0.39 is 17.4 Å². The van der Waals surface area contributed by atoms with E-state index in [1.54, 1.807) is 18.9 Å². The number of piperidine rings is 1. The number of rotatable bonds is 6. The second kappa shape index (κ2) is 7.46. The van der Waals surface area contributed by atoms with Gasteiger partial charge in [0.1, 0.15) is 5.60 Å². The summed E-state index contributed by atoms with van der Waals surface area (Å²) in [7, 11) is 1.71. The molecule has 4 aliphatic rings. The first kappa shape index (κ1) is 19.7. The first-order chi connectivity index (χ1) is 14.5. The van der Waals surface area contributed by atoms with Crippen molar-refractivity contribution in [3.63, 3.8) is 0 Å². The molecule has 0 unspecified atom stereocenters. The fourth-order valence-corrected chi connectivity index (χ4v) is 5.43. The minimum absolute atomic E-state index is 0.0410. The topological polar surface area (TPSA) is 92.0 Å². The predicted molar refractivity (Wildman–Crippen MR) is 106 cm³/mol. The molecule has 0 radical (unpaired) electrons. The number of likely N-dealkylation sites (tertiary alicyclic amines) is 2. The van der Waals surface area contributed by atoms with Gasteiger partial charge in [0.2, 0.25) is 17.7 Å². The fourth-order valence-electron chi connectivity index (χ4n) is 5.43. The standard InChI is InChI=1S/C21H29N5O4/c1-14-22-16(30-23-14)12-24(2)19(27)17-15-6-7-21(29-15)13-26(20(28)18(17)21)11-10-25-8-4-3-5-9-25/h6-7,15,17-18H,3-5,8-13H2,1-2H3/t15-,17-,18+,21-/m0/s1. The van der Waals surface area contributed by atoms with Crippen LogP contribution in [-0.4, -0.2) is 88.1 Å². The van der Waals surface area contributed by atoms with Gasteiger partial charge in [-0.2, -0.15) is 4.98 Å². The highest BCUT2D eigenvalue weighted by Crippen LogP contribution is 2.52. The van der Waals surface area contributed by atoms with Crippen LogP contribution >= 0.6 is 0 Å². The molecule has 162 valence electrons. The van der Waals surface area contributed by atoms with Crippen molar-refractivity contribution < 1.29 is 18.8 Å². The normalized spacial score (nSPS) is 32.8. The van der Waals surface area contributed by atoms with Crippen molar-refractivity contribution in [1.82, 2.24) is 24.8 Å². The molecule has 2 bridgehead atoms. The molecule has 1 aromatic heterocycles. The van der Waals surface area contributed by atoms with Crippen LogP contribution in [0.5, 0.6) is 0 Å². The lowest BCUT2D eigenvalue weighted by Crippen LogP contribution is -2.45. The molecular weight excluding hydrogens is 386 g/mol. The molecule has 1 spiro atoms. The van der Waals surface area contributed by atoms with Gasteiger partial charge in [-0.25, -0.2) is 0 Å². The van der Waals surface area contributed by atoms with E-state index in [9.17, 15) is 9.59 Å². The number of hydrogen-bond donors (Lipinski definition) is 0. The van der Waals surface area contributed by atoms with Gasteiger partial charge in [-0.3, -0.25) is 9.59 Å². The Morgan fingerprint density at radius 3 is 2.83 bits per heavy atom. The maximum Gasteiger partial charge on any atom is 0.246 e. The van der Waals surface area contributed by atoms with Crippen molar-refractivity contribution >= 4 is 11.8 Å². The highest BCUT2D eigenvalue weighted by molar-refractivity contribution is 5.93. The van der Waals surface area contributed by atoms with E-state index in [4.69, 9.17) is 9.26 Å². The molecule has 4 atom stereocenters. The number of carbonyl (C=O) groups excluding carboxylic acids is 2. The quantitative estimate of drug-likeness (QED) is 0.629. The molecule has 0 saturated carbocycles. The molecule has 0 aliphatic carbocycles. The molecule has 4 aliphatic heterocycles. The number of amides is 2. The first-order valence-corrected chi connectivity index (χ1v) is 10.9. The smallest absolute Gasteiger partial charge is 0.246 e. The minimum atomic E-state index is -0.661. The van der Waals surface area contributed by atoms with Gasteiger partial charge >= 0.3 is 0 Å². The molecule has 3 saturated heterocycles. The second-order valence-corrected chi connectivity index (χ2v) is 8.99. The summed E-state index contributed by atoms with van der Waals surface area (Å²) in [4.78, 5) is 36.7. The summed E-state index contributed by atoms with van der Waals surface area (Å²) in [5, 5.41) is 3.77. The van der Waals surface area contributed by atoms with E-state index in [0.717, 1.165) is 19.6 Å². The van der Waals surface area contributed by atoms with Crippen molar-refractivity contribution in [3.05, 3.63) is 23.9 Å². The molecule has 2 amide bonds. The number of ether oxygens (including phenoxy) is 1. The van der Waals surface area contributed by atoms with E-state index in [1.165, 1.54) is 19.3 Å². The Balaban J connectivity index is 1.27. The van der Waals surface area contributed by atoms with Crippen LogP contribution in [0.25, 0.3) is 0 Å². The zero-order chi connectivity index (χ0) is 20.9. The lowest BCUT2D eigenvalue weighted by atomic mass is 9.76. The maximum absolute atomic E-state index is 13.3. The van der Waals surface area contributed by atoms with Crippen LogP contribution in [0, 0.1) is 18.8 Å². The fraction of sp³-hybridized carbons (Fsp3) is 0.714. The minimum Gasteiger partial charge on any atom is -0.360 e. The predicted octanol–water partition coefficient (Wildman–Crippen LogP) is 0.604. The maximum atomic E-state index is 13.3. The van der Waals surface area contributed by atoms with Crippen molar-refractivity contribution in [2.75, 3.05) is 39.8 Å². The Hall–Kier alpha value is -2.26. The molecule has 3 fully saturated rings. The SMILES string of the molecule is Cc1noc(CN(C)C(=O)[C@H]2[C@@H]3C=C[C@@]4(CN(CCN5CCCCC5)C(=O)[C@@H]24)O3)n1. The summed E-state index contributed by atoms with van der Waals surface area (Å²) in [5.74, 6) is -0.104. The van der Waals surface area contributed by atoms with Gasteiger partial charge in [-0.1, -0.05) is 23.7 Å². The van der Waals surface area contributed by atoms with E-state index in [1.807, 2.05) is 17.1 Å². The van der Waals surface area contributed by atoms with Gasteiger partial charge in [-0.05, 0) is 32.9 Å². The number of nitrogens with zero attached hydrogens (tertiary/aromatic N) is 5. The van der Waals surface area contributed by atoms with Gasteiger partial charge in [0.05, 0.1) is 31.0 Å². The largest absolute Gasteiger partial charge is 0.360 e. The molecule has 1 aromatic rings. The lowest BCUT2D eigenvalue weighted by molar-refractivity contribution is -0.143. The Bertz CT molecular complexity index is 863. The average molecular weight is 415 g/mol. The van der Waals surface area contributed by atoms with E-state index in [-0.39, 0.29) is 24.5 Å². The van der Waals surface area contributed by atoms with Crippen molar-refractivity contribution in [1.29, 1.82) is 0 Å². The van der Waals surface area contributed by atoms with E-state index in [0.29, 0.717) is 24.8 Å². The highest BCUT2D eigenvalue weighted by atomic mass is 16.5. The zero-order valence-corrected chi connectivity index (χ0v) is 17.6. The Labute approximate surface area is 176 Å². The van der Waals surface area contributed by atoms with Crippen molar-refractivity contribution in [2.24, 2.45) is 11.8 Å². The average Bonchev–Trinajstić information content (AvgIpc) is 3.48. The second-order valence-electron chi connectivity index (χ2n) is 8.99. The number of fused-ring (bicyclic) bond motifs is 1. The van der Waals surface area contributed by atoms with Crippen LogP contribution in [0.3, 0.4) is 0 Å². The third-order valence-electron chi connectivity index (χ3n) is 6.92. The van der Waals surface area contributed by atoms with Gasteiger partial charge in [-0.15, -0.1) is 0 Å². The Morgan fingerprint density at radius 2 is 2.10 bits per heavy atom. The van der Waals surface area contributed by atoms with Crippen LogP contribution in [0.2, 0.25) is 0 Å². The van der Waals surface area contributed by atoms with Crippen molar-refractivity contribution in [2.45, 2.75) is 44.4 Å². The summed E-state index contributed by atoms with van der Waals surface area (Å²) in [6.45, 7) is 6.29. The summed E-state index contributed by atoms with van der Waals surface area (Å²) in [6.07, 6.45) is 7.37. The van der Waals surface area contributed by atoms with Gasteiger partial charge in [0.15, 0.2) is 5.82 Å². The summed E-state index contributed by atoms with van der Waals surface area (Å²) in [5.41, 5.74) is -0.661. The van der Waals surface area contributed by atoms with Crippen LogP contribution in [-0.2, 0) is 20.9 Å². The van der Waals surface area contributed by atoms with Gasteiger partial charge < -0.3 is 24.0 Å². The Morgan fingerprint density at radius 1 is 1.30 bits per heavy atom. The van der Waals surface area contributed by atoms with Gasteiger partial charge in [0.25, 0.3) is 0 Å². The summed E-state index contributed by atoms with van der Waals surface area (Å²) < 4.78 is 11.4. The van der Waals surface area contributed by atoms with Crippen LogP contribution < -0.4 is 0 Å². The van der Waals surface area contributed by atoms with Gasteiger partial charge in [0, 0.05) is 20.1 Å². The van der Waals surface area contributed by atoms with Crippen LogP contribution in [0.1, 0.15) is 31.0 Å². The zero-order valence-electron chi connectivity index (χ0n) is 17.6. The molecule has 0 N–H and O–H groups in total. The summed E-state index contributed by atoms with van der Waals surface area (Å²) >= 11 is 0. The van der Waals surface area contributed by atoms with Crippen LogP contribution in [0.4, 0.5) is 0 Å². The first-order valence-electron chi connectivity index (χ1n) is 10.9. The third-order valence-corrected chi connectivity index (χ3v) is 6.92. The van der Waals surface area contributed by atoms with Crippen LogP contribution in [0.15, 0.2) is 16.7 Å². The molecular formula is C21H29N5O4. The molecule has 5 heterocycles. The molecule has 5 rings (SSSR count). The molecule has 9 heteroatoms. The number of aromatic nitrogens is 2. The third kappa shape index (κ3) is 3.24. The molecule has 9 nitrogen and oxygen atoms in total. The lowest BCUT2D eigenvalue weighted by Gasteiger charge is -2.29. The van der Waals surface area contributed by atoms with E-state index in [2.05, 4.69) is 15.0 Å². The highest BCUT2D eigenvalue weighted by Gasteiger charge is 2.67. The summed E-state index contributed by atoms with van der Waals surface area (Å²) in [6, 6.07) is 0. The number of carbonyl (C=O) groups is 2. The number of hydrogen-bond acceptors (Lipinski definition) is 7. The van der Waals surface area contributed by atoms with Crippen molar-refractivity contribution in [3.8, 4) is 0 Å². The molecule has 0 aromatic carbocycles. The molecule has 30 heavy (non-hydrogen) atoms. The monoisotopic (exact) mass is 415 g/mol. The number of aryl methyl sites for hydroxylation is 1. The Kier molecular flexibility index (Phi) is 4.89. The van der Waals surface area contributed by atoms with E-state index >= 15 is 0 Å².